The molecule has 8 heteroatoms. The number of aliphatic hydroxyl groups is 1. The van der Waals surface area contributed by atoms with Crippen LogP contribution in [0.1, 0.15) is 27.9 Å². The number of nitrogens with zero attached hydrogens (tertiary/aromatic N) is 4. The van der Waals surface area contributed by atoms with Crippen LogP contribution in [0.4, 0.5) is 5.82 Å². The van der Waals surface area contributed by atoms with E-state index in [1.165, 1.54) is 6.33 Å². The predicted molar refractivity (Wildman–Crippen MR) is 157 cm³/mol. The Kier molecular flexibility index (Phi) is 7.09. The molecular weight excluding hydrogens is 498 g/mol. The van der Waals surface area contributed by atoms with Crippen molar-refractivity contribution in [3.8, 4) is 0 Å². The molecule has 1 atom stereocenters. The molecule has 0 fully saturated rings. The fraction of sp³-hybridized carbons (Fsp3) is 0.156. The molecule has 0 radical (unpaired) electrons. The lowest BCUT2D eigenvalue weighted by atomic mass is 9.76. The van der Waals surface area contributed by atoms with Crippen LogP contribution in [0.2, 0.25) is 0 Å². The van der Waals surface area contributed by atoms with Gasteiger partial charge in [-0.2, -0.15) is 0 Å². The highest BCUT2D eigenvalue weighted by molar-refractivity contribution is 5.86. The van der Waals surface area contributed by atoms with Crippen molar-refractivity contribution in [1.82, 2.24) is 29.8 Å². The number of rotatable bonds is 10. The fourth-order valence-corrected chi connectivity index (χ4v) is 5.59. The van der Waals surface area contributed by atoms with Crippen LogP contribution in [0.25, 0.3) is 11.0 Å². The second kappa shape index (κ2) is 11.1. The number of nitrogen functional groups attached to an aromatic ring is 1. The Morgan fingerprint density at radius 3 is 2.05 bits per heavy atom. The van der Waals surface area contributed by atoms with E-state index in [9.17, 15) is 5.11 Å². The molecule has 3 aromatic carbocycles. The standard InChI is InChI=1S/C32H31N7O/c33-31-30-29(37-21-38-31)23(18-36-30)17-35-27(20-40)16-28-19-34-22-39(28)32(24-10-4-1-5-11-24,25-12-6-2-7-13-25)26-14-8-3-9-15-26/h1-15,18-19,21-22,27,35-36,40H,16-17,20H2,(H2,33,37,38)/t27-/m0/s1. The molecule has 0 saturated carbocycles. The molecule has 5 N–H and O–H groups in total. The maximum Gasteiger partial charge on any atom is 0.151 e. The first-order valence-electron chi connectivity index (χ1n) is 13.3. The highest BCUT2D eigenvalue weighted by Crippen LogP contribution is 2.41. The summed E-state index contributed by atoms with van der Waals surface area (Å²) in [6.07, 6.45) is 7.70. The van der Waals surface area contributed by atoms with Crippen LogP contribution >= 0.6 is 0 Å². The predicted octanol–water partition coefficient (Wildman–Crippen LogP) is 4.27. The van der Waals surface area contributed by atoms with Crippen LogP contribution in [0.3, 0.4) is 0 Å². The number of H-pyrrole nitrogens is 1. The quantitative estimate of drug-likeness (QED) is 0.197. The van der Waals surface area contributed by atoms with E-state index in [1.54, 1.807) is 0 Å². The Morgan fingerprint density at radius 1 is 0.875 bits per heavy atom. The first-order chi connectivity index (χ1) is 19.7. The molecule has 0 aliphatic carbocycles. The number of aromatic nitrogens is 5. The summed E-state index contributed by atoms with van der Waals surface area (Å²) in [6.45, 7) is 0.469. The van der Waals surface area contributed by atoms with Gasteiger partial charge in [-0.3, -0.25) is 0 Å². The molecule has 40 heavy (non-hydrogen) atoms. The number of imidazole rings is 1. The van der Waals surface area contributed by atoms with Crippen molar-refractivity contribution >= 4 is 16.9 Å². The van der Waals surface area contributed by atoms with Crippen LogP contribution in [0, 0.1) is 0 Å². The van der Waals surface area contributed by atoms with Crippen molar-refractivity contribution in [2.45, 2.75) is 24.5 Å². The number of nitrogens with two attached hydrogens (primary N) is 1. The third-order valence-electron chi connectivity index (χ3n) is 7.48. The van der Waals surface area contributed by atoms with E-state index in [1.807, 2.05) is 36.9 Å². The molecule has 0 bridgehead atoms. The normalized spacial score (nSPS) is 12.5. The number of fused-ring (bicyclic) bond motifs is 1. The van der Waals surface area contributed by atoms with E-state index < -0.39 is 5.54 Å². The van der Waals surface area contributed by atoms with Crippen molar-refractivity contribution in [2.24, 2.45) is 0 Å². The lowest BCUT2D eigenvalue weighted by Crippen LogP contribution is -2.40. The summed E-state index contributed by atoms with van der Waals surface area (Å²) in [6, 6.07) is 31.3. The maximum atomic E-state index is 10.4. The Morgan fingerprint density at radius 2 is 1.48 bits per heavy atom. The van der Waals surface area contributed by atoms with E-state index in [2.05, 4.69) is 103 Å². The molecule has 200 valence electrons. The number of nitrogens with one attached hydrogen (secondary N) is 2. The maximum absolute atomic E-state index is 10.4. The molecular formula is C32H31N7O. The Hall–Kier alpha value is -4.79. The zero-order valence-corrected chi connectivity index (χ0v) is 22.0. The third kappa shape index (κ3) is 4.53. The highest BCUT2D eigenvalue weighted by Gasteiger charge is 2.39. The molecule has 0 spiro atoms. The van der Waals surface area contributed by atoms with Gasteiger partial charge in [0.1, 0.15) is 17.4 Å². The lowest BCUT2D eigenvalue weighted by Gasteiger charge is -2.39. The van der Waals surface area contributed by atoms with Gasteiger partial charge >= 0.3 is 0 Å². The summed E-state index contributed by atoms with van der Waals surface area (Å²) >= 11 is 0. The van der Waals surface area contributed by atoms with Crippen LogP contribution in [0.15, 0.2) is 116 Å². The molecule has 3 aromatic heterocycles. The Balaban J connectivity index is 1.40. The number of aliphatic hydroxyl groups excluding tert-OH is 1. The molecule has 6 aromatic rings. The molecule has 3 heterocycles. The lowest BCUT2D eigenvalue weighted by molar-refractivity contribution is 0.238. The largest absolute Gasteiger partial charge is 0.395 e. The third-order valence-corrected chi connectivity index (χ3v) is 7.48. The van der Waals surface area contributed by atoms with Gasteiger partial charge < -0.3 is 25.7 Å². The summed E-state index contributed by atoms with van der Waals surface area (Å²) < 4.78 is 2.25. The molecule has 6 rings (SSSR count). The minimum absolute atomic E-state index is 0.0420. The average Bonchev–Trinajstić information content (AvgIpc) is 3.65. The van der Waals surface area contributed by atoms with Gasteiger partial charge in [0.25, 0.3) is 0 Å². The van der Waals surface area contributed by atoms with Gasteiger partial charge in [0, 0.05) is 42.7 Å². The molecule has 0 saturated heterocycles. The van der Waals surface area contributed by atoms with Gasteiger partial charge in [-0.25, -0.2) is 15.0 Å². The van der Waals surface area contributed by atoms with Crippen molar-refractivity contribution in [1.29, 1.82) is 0 Å². The first kappa shape index (κ1) is 25.5. The van der Waals surface area contributed by atoms with Gasteiger partial charge in [0.15, 0.2) is 5.82 Å². The van der Waals surface area contributed by atoms with Crippen molar-refractivity contribution in [3.05, 3.63) is 144 Å². The second-order valence-electron chi connectivity index (χ2n) is 9.82. The van der Waals surface area contributed by atoms with Gasteiger partial charge in [0.2, 0.25) is 0 Å². The van der Waals surface area contributed by atoms with Crippen molar-refractivity contribution in [2.75, 3.05) is 12.3 Å². The summed E-state index contributed by atoms with van der Waals surface area (Å²) in [5, 5.41) is 13.9. The SMILES string of the molecule is Nc1ncnc2c(CN[C@H](CO)Cc3cncn3C(c3ccccc3)(c3ccccc3)c3ccccc3)c[nH]c12. The smallest absolute Gasteiger partial charge is 0.151 e. The molecule has 0 aliphatic heterocycles. The molecule has 0 aliphatic rings. The highest BCUT2D eigenvalue weighted by atomic mass is 16.3. The van der Waals surface area contributed by atoms with Crippen molar-refractivity contribution in [3.63, 3.8) is 0 Å². The van der Waals surface area contributed by atoms with Crippen LogP contribution in [0.5, 0.6) is 0 Å². The number of hydrogen-bond donors (Lipinski definition) is 4. The zero-order valence-electron chi connectivity index (χ0n) is 22.0. The first-order valence-corrected chi connectivity index (χ1v) is 13.3. The number of anilines is 1. The monoisotopic (exact) mass is 529 g/mol. The Bertz CT molecular complexity index is 1580. The van der Waals surface area contributed by atoms with Gasteiger partial charge in [-0.1, -0.05) is 91.0 Å². The number of aromatic amines is 1. The summed E-state index contributed by atoms with van der Waals surface area (Å²) in [4.78, 5) is 16.2. The minimum Gasteiger partial charge on any atom is -0.395 e. The van der Waals surface area contributed by atoms with Crippen LogP contribution < -0.4 is 11.1 Å². The zero-order chi connectivity index (χ0) is 27.4. The topological polar surface area (TPSA) is 118 Å². The average molecular weight is 530 g/mol. The van der Waals surface area contributed by atoms with E-state index in [0.717, 1.165) is 39.0 Å². The van der Waals surface area contributed by atoms with E-state index in [-0.39, 0.29) is 12.6 Å². The Labute approximate surface area is 232 Å². The second-order valence-corrected chi connectivity index (χ2v) is 9.82. The number of benzene rings is 3. The molecule has 8 nitrogen and oxygen atoms in total. The molecule has 0 amide bonds. The van der Waals surface area contributed by atoms with E-state index >= 15 is 0 Å². The van der Waals surface area contributed by atoms with E-state index in [0.29, 0.717) is 18.8 Å². The van der Waals surface area contributed by atoms with E-state index in [4.69, 9.17) is 5.73 Å². The van der Waals surface area contributed by atoms with Gasteiger partial charge in [0.05, 0.1) is 18.5 Å². The fourth-order valence-electron chi connectivity index (χ4n) is 5.59. The van der Waals surface area contributed by atoms with Gasteiger partial charge in [-0.05, 0) is 16.7 Å². The van der Waals surface area contributed by atoms with Gasteiger partial charge in [-0.15, -0.1) is 0 Å². The summed E-state index contributed by atoms with van der Waals surface area (Å²) in [7, 11) is 0. The summed E-state index contributed by atoms with van der Waals surface area (Å²) in [5.41, 5.74) is 12.1. The molecule has 0 unspecified atom stereocenters. The minimum atomic E-state index is -0.666. The van der Waals surface area contributed by atoms with Crippen LogP contribution in [-0.2, 0) is 18.5 Å². The van der Waals surface area contributed by atoms with Crippen molar-refractivity contribution < 1.29 is 5.11 Å². The van der Waals surface area contributed by atoms with Crippen LogP contribution in [-0.4, -0.2) is 42.3 Å². The number of hydrogen-bond acceptors (Lipinski definition) is 6. The summed E-state index contributed by atoms with van der Waals surface area (Å²) in [5.74, 6) is 0.415.